The molecule has 0 nitrogen and oxygen atoms in total. The minimum Gasteiger partial charge on any atom is -0.0654 e. The van der Waals surface area contributed by atoms with Crippen LogP contribution in [0.25, 0.3) is 0 Å². The molecule has 2 aromatic carbocycles. The molecule has 0 aliphatic carbocycles. The number of hydrogen-bond acceptors (Lipinski definition) is 0. The number of hydrogen-bond donors (Lipinski definition) is 0. The van der Waals surface area contributed by atoms with Gasteiger partial charge in [0, 0.05) is 0 Å². The van der Waals surface area contributed by atoms with Crippen LogP contribution in [0.5, 0.6) is 0 Å². The first-order valence-corrected chi connectivity index (χ1v) is 7.49. The zero-order chi connectivity index (χ0) is 13.3. The molecule has 19 heavy (non-hydrogen) atoms. The highest BCUT2D eigenvalue weighted by Crippen LogP contribution is 2.27. The topological polar surface area (TPSA) is 0 Å². The highest BCUT2D eigenvalue weighted by Gasteiger charge is 2.10. The molecule has 0 heterocycles. The van der Waals surface area contributed by atoms with Crippen molar-refractivity contribution < 1.29 is 0 Å². The average Bonchev–Trinajstić information content (AvgIpc) is 2.49. The first kappa shape index (κ1) is 13.9. The lowest BCUT2D eigenvalue weighted by Gasteiger charge is -2.17. The van der Waals surface area contributed by atoms with Crippen LogP contribution in [-0.4, -0.2) is 0 Å². The summed E-state index contributed by atoms with van der Waals surface area (Å²) >= 11 is 0. The maximum atomic E-state index is 2.28. The molecule has 0 amide bonds. The SMILES string of the molecule is CCCC[C@@H](CCc1ccccc1)c1ccccc1. The number of unbranched alkanes of at least 4 members (excludes halogenated alkanes) is 1. The molecule has 0 aromatic heterocycles. The second kappa shape index (κ2) is 7.78. The molecule has 0 saturated carbocycles. The Morgan fingerprint density at radius 2 is 1.42 bits per heavy atom. The van der Waals surface area contributed by atoms with Crippen LogP contribution in [-0.2, 0) is 6.42 Å². The van der Waals surface area contributed by atoms with Crippen molar-refractivity contribution >= 4 is 0 Å². The van der Waals surface area contributed by atoms with E-state index in [9.17, 15) is 0 Å². The monoisotopic (exact) mass is 252 g/mol. The molecule has 0 radical (unpaired) electrons. The van der Waals surface area contributed by atoms with Gasteiger partial charge in [-0.2, -0.15) is 0 Å². The van der Waals surface area contributed by atoms with Gasteiger partial charge in [-0.1, -0.05) is 80.4 Å². The molecule has 0 heteroatoms. The van der Waals surface area contributed by atoms with Crippen molar-refractivity contribution in [1.82, 2.24) is 0 Å². The largest absolute Gasteiger partial charge is 0.0654 e. The Labute approximate surface area is 117 Å². The van der Waals surface area contributed by atoms with Gasteiger partial charge in [-0.15, -0.1) is 0 Å². The zero-order valence-corrected chi connectivity index (χ0v) is 11.9. The van der Waals surface area contributed by atoms with Crippen molar-refractivity contribution in [3.05, 3.63) is 71.8 Å². The van der Waals surface area contributed by atoms with Crippen molar-refractivity contribution in [2.45, 2.75) is 44.9 Å². The van der Waals surface area contributed by atoms with Crippen molar-refractivity contribution in [2.75, 3.05) is 0 Å². The van der Waals surface area contributed by atoms with Gasteiger partial charge in [-0.3, -0.25) is 0 Å². The van der Waals surface area contributed by atoms with Crippen LogP contribution >= 0.6 is 0 Å². The minimum absolute atomic E-state index is 0.710. The minimum atomic E-state index is 0.710. The summed E-state index contributed by atoms with van der Waals surface area (Å²) in [6, 6.07) is 21.8. The summed E-state index contributed by atoms with van der Waals surface area (Å²) in [5, 5.41) is 0. The number of benzene rings is 2. The van der Waals surface area contributed by atoms with E-state index in [4.69, 9.17) is 0 Å². The maximum Gasteiger partial charge on any atom is -0.0159 e. The molecule has 2 rings (SSSR count). The lowest BCUT2D eigenvalue weighted by atomic mass is 9.88. The smallest absolute Gasteiger partial charge is 0.0159 e. The predicted molar refractivity (Wildman–Crippen MR) is 83.5 cm³/mol. The molecule has 0 N–H and O–H groups in total. The van der Waals surface area contributed by atoms with Crippen LogP contribution in [0.15, 0.2) is 60.7 Å². The van der Waals surface area contributed by atoms with Crippen LogP contribution < -0.4 is 0 Å². The van der Waals surface area contributed by atoms with E-state index in [-0.39, 0.29) is 0 Å². The summed E-state index contributed by atoms with van der Waals surface area (Å²) in [5.41, 5.74) is 2.96. The van der Waals surface area contributed by atoms with Gasteiger partial charge in [0.25, 0.3) is 0 Å². The van der Waals surface area contributed by atoms with Crippen molar-refractivity contribution in [2.24, 2.45) is 0 Å². The fourth-order valence-electron chi connectivity index (χ4n) is 2.64. The van der Waals surface area contributed by atoms with Crippen LogP contribution in [0.3, 0.4) is 0 Å². The molecule has 100 valence electrons. The normalized spacial score (nSPS) is 12.3. The van der Waals surface area contributed by atoms with E-state index in [1.807, 2.05) is 0 Å². The van der Waals surface area contributed by atoms with Crippen LogP contribution in [0.2, 0.25) is 0 Å². The van der Waals surface area contributed by atoms with Crippen LogP contribution in [0.4, 0.5) is 0 Å². The Hall–Kier alpha value is -1.56. The summed E-state index contributed by atoms with van der Waals surface area (Å²) in [5.74, 6) is 0.710. The quantitative estimate of drug-likeness (QED) is 0.602. The lowest BCUT2D eigenvalue weighted by Crippen LogP contribution is -2.01. The fourth-order valence-corrected chi connectivity index (χ4v) is 2.64. The van der Waals surface area contributed by atoms with E-state index >= 15 is 0 Å². The molecular formula is C19H24. The molecule has 0 bridgehead atoms. The molecule has 0 aliphatic rings. The third-order valence-electron chi connectivity index (χ3n) is 3.80. The van der Waals surface area contributed by atoms with E-state index < -0.39 is 0 Å². The Bertz CT molecular complexity index is 444. The summed E-state index contributed by atoms with van der Waals surface area (Å²) in [4.78, 5) is 0. The molecule has 0 saturated heterocycles. The van der Waals surface area contributed by atoms with Gasteiger partial charge in [-0.25, -0.2) is 0 Å². The highest BCUT2D eigenvalue weighted by molar-refractivity contribution is 5.21. The Morgan fingerprint density at radius 1 is 0.789 bits per heavy atom. The third kappa shape index (κ3) is 4.55. The van der Waals surface area contributed by atoms with Gasteiger partial charge in [0.15, 0.2) is 0 Å². The van der Waals surface area contributed by atoms with Crippen molar-refractivity contribution in [3.8, 4) is 0 Å². The maximum absolute atomic E-state index is 2.28. The van der Waals surface area contributed by atoms with Gasteiger partial charge >= 0.3 is 0 Å². The highest BCUT2D eigenvalue weighted by atomic mass is 14.2. The summed E-state index contributed by atoms with van der Waals surface area (Å²) in [6.45, 7) is 2.28. The van der Waals surface area contributed by atoms with E-state index in [1.165, 1.54) is 43.2 Å². The Kier molecular flexibility index (Phi) is 5.68. The summed E-state index contributed by atoms with van der Waals surface area (Å²) < 4.78 is 0. The second-order valence-corrected chi connectivity index (χ2v) is 5.27. The molecule has 0 aliphatic heterocycles. The summed E-state index contributed by atoms with van der Waals surface area (Å²) in [7, 11) is 0. The molecule has 0 unspecified atom stereocenters. The zero-order valence-electron chi connectivity index (χ0n) is 11.9. The van der Waals surface area contributed by atoms with Crippen LogP contribution in [0, 0.1) is 0 Å². The Balaban J connectivity index is 1.98. The standard InChI is InChI=1S/C19H24/c1-2-3-12-19(18-13-8-5-9-14-18)16-15-17-10-6-4-7-11-17/h4-11,13-14,19H,2-3,12,15-16H2,1H3/t19-/m0/s1. The number of aryl methyl sites for hydroxylation is 1. The van der Waals surface area contributed by atoms with Gasteiger partial charge in [0.05, 0.1) is 0 Å². The van der Waals surface area contributed by atoms with Gasteiger partial charge in [0.1, 0.15) is 0 Å². The van der Waals surface area contributed by atoms with E-state index in [0.29, 0.717) is 5.92 Å². The third-order valence-corrected chi connectivity index (χ3v) is 3.80. The fraction of sp³-hybridized carbons (Fsp3) is 0.368. The van der Waals surface area contributed by atoms with E-state index in [2.05, 4.69) is 67.6 Å². The molecule has 0 fully saturated rings. The second-order valence-electron chi connectivity index (χ2n) is 5.27. The Morgan fingerprint density at radius 3 is 2.05 bits per heavy atom. The molecule has 0 spiro atoms. The van der Waals surface area contributed by atoms with Crippen LogP contribution in [0.1, 0.15) is 49.7 Å². The summed E-state index contributed by atoms with van der Waals surface area (Å²) in [6.07, 6.45) is 6.37. The predicted octanol–water partition coefficient (Wildman–Crippen LogP) is 5.59. The molecular weight excluding hydrogens is 228 g/mol. The van der Waals surface area contributed by atoms with Gasteiger partial charge < -0.3 is 0 Å². The first-order valence-electron chi connectivity index (χ1n) is 7.49. The lowest BCUT2D eigenvalue weighted by molar-refractivity contribution is 0.547. The first-order chi connectivity index (χ1) is 9.40. The van der Waals surface area contributed by atoms with Crippen molar-refractivity contribution in [3.63, 3.8) is 0 Å². The van der Waals surface area contributed by atoms with E-state index in [0.717, 1.165) is 0 Å². The van der Waals surface area contributed by atoms with Gasteiger partial charge in [0.2, 0.25) is 0 Å². The average molecular weight is 252 g/mol. The van der Waals surface area contributed by atoms with Gasteiger partial charge in [-0.05, 0) is 36.3 Å². The van der Waals surface area contributed by atoms with E-state index in [1.54, 1.807) is 0 Å². The molecule has 1 atom stereocenters. The van der Waals surface area contributed by atoms with Crippen molar-refractivity contribution in [1.29, 1.82) is 0 Å². The molecule has 2 aromatic rings. The number of rotatable bonds is 7.